The lowest BCUT2D eigenvalue weighted by molar-refractivity contribution is -0.133. The number of hydrogen-bond donors (Lipinski definition) is 0. The number of rotatable bonds is 6. The Labute approximate surface area is 107 Å². The predicted molar refractivity (Wildman–Crippen MR) is 71.0 cm³/mol. The number of nitrogens with zero attached hydrogens (tertiary/aromatic N) is 2. The van der Waals surface area contributed by atoms with E-state index in [4.69, 9.17) is 0 Å². The number of alkyl halides is 1. The van der Waals surface area contributed by atoms with Crippen molar-refractivity contribution in [3.63, 3.8) is 0 Å². The Balaban J connectivity index is 2.17. The van der Waals surface area contributed by atoms with Crippen molar-refractivity contribution in [2.24, 2.45) is 0 Å². The molecule has 1 fully saturated rings. The van der Waals surface area contributed by atoms with Gasteiger partial charge in [0.25, 0.3) is 0 Å². The van der Waals surface area contributed by atoms with Crippen molar-refractivity contribution in [3.05, 3.63) is 0 Å². The van der Waals surface area contributed by atoms with Crippen molar-refractivity contribution in [2.75, 3.05) is 38.1 Å². The van der Waals surface area contributed by atoms with Crippen LogP contribution in [-0.4, -0.2) is 53.8 Å². The minimum atomic E-state index is 0.345. The third kappa shape index (κ3) is 4.83. The SMILES string of the molecule is CCCN1CCN(C(=O)CCCCBr)CC1. The van der Waals surface area contributed by atoms with E-state index in [1.165, 1.54) is 13.0 Å². The van der Waals surface area contributed by atoms with Gasteiger partial charge in [0.15, 0.2) is 0 Å². The first-order valence-corrected chi connectivity index (χ1v) is 7.46. The lowest BCUT2D eigenvalue weighted by atomic mass is 10.2. The minimum Gasteiger partial charge on any atom is -0.340 e. The van der Waals surface area contributed by atoms with Crippen LogP contribution in [0.5, 0.6) is 0 Å². The van der Waals surface area contributed by atoms with E-state index in [1.807, 2.05) is 4.90 Å². The first-order valence-electron chi connectivity index (χ1n) is 6.34. The quantitative estimate of drug-likeness (QED) is 0.553. The summed E-state index contributed by atoms with van der Waals surface area (Å²) in [6.07, 6.45) is 4.04. The van der Waals surface area contributed by atoms with Crippen molar-refractivity contribution in [2.45, 2.75) is 32.6 Å². The summed E-state index contributed by atoms with van der Waals surface area (Å²) in [5.41, 5.74) is 0. The number of halogens is 1. The van der Waals surface area contributed by atoms with Gasteiger partial charge in [-0.1, -0.05) is 22.9 Å². The van der Waals surface area contributed by atoms with Gasteiger partial charge in [0.05, 0.1) is 0 Å². The Morgan fingerprint density at radius 1 is 1.19 bits per heavy atom. The molecule has 0 N–H and O–H groups in total. The molecule has 0 saturated carbocycles. The standard InChI is InChI=1S/C12H23BrN2O/c1-2-7-14-8-10-15(11-9-14)12(16)5-3-4-6-13/h2-11H2,1H3. The molecule has 0 atom stereocenters. The van der Waals surface area contributed by atoms with Gasteiger partial charge in [-0.05, 0) is 25.8 Å². The van der Waals surface area contributed by atoms with Gasteiger partial charge in [0, 0.05) is 37.9 Å². The van der Waals surface area contributed by atoms with Gasteiger partial charge in [-0.3, -0.25) is 9.69 Å². The molecule has 0 aliphatic carbocycles. The number of unbranched alkanes of at least 4 members (excludes halogenated alkanes) is 1. The zero-order valence-corrected chi connectivity index (χ0v) is 11.8. The van der Waals surface area contributed by atoms with E-state index in [1.54, 1.807) is 0 Å². The highest BCUT2D eigenvalue weighted by molar-refractivity contribution is 9.09. The second-order valence-electron chi connectivity index (χ2n) is 4.37. The van der Waals surface area contributed by atoms with Crippen molar-refractivity contribution < 1.29 is 4.79 Å². The van der Waals surface area contributed by atoms with Gasteiger partial charge < -0.3 is 4.90 Å². The molecule has 0 spiro atoms. The van der Waals surface area contributed by atoms with Crippen molar-refractivity contribution >= 4 is 21.8 Å². The van der Waals surface area contributed by atoms with Gasteiger partial charge in [-0.15, -0.1) is 0 Å². The summed E-state index contributed by atoms with van der Waals surface area (Å²) in [5.74, 6) is 0.345. The largest absolute Gasteiger partial charge is 0.340 e. The fourth-order valence-electron chi connectivity index (χ4n) is 2.07. The summed E-state index contributed by atoms with van der Waals surface area (Å²) in [5, 5.41) is 1.00. The maximum absolute atomic E-state index is 11.8. The Bertz CT molecular complexity index is 203. The molecule has 1 aliphatic rings. The first kappa shape index (κ1) is 14.0. The fourth-order valence-corrected chi connectivity index (χ4v) is 2.46. The van der Waals surface area contributed by atoms with E-state index < -0.39 is 0 Å². The predicted octanol–water partition coefficient (Wildman–Crippen LogP) is 2.11. The molecule has 0 aromatic rings. The smallest absolute Gasteiger partial charge is 0.222 e. The number of hydrogen-bond acceptors (Lipinski definition) is 2. The lowest BCUT2D eigenvalue weighted by Gasteiger charge is -2.34. The normalized spacial score (nSPS) is 17.8. The number of carbonyl (C=O) groups excluding carboxylic acids is 1. The molecule has 1 saturated heterocycles. The third-order valence-electron chi connectivity index (χ3n) is 3.04. The lowest BCUT2D eigenvalue weighted by Crippen LogP contribution is -2.48. The van der Waals surface area contributed by atoms with Crippen LogP contribution in [0.1, 0.15) is 32.6 Å². The fraction of sp³-hybridized carbons (Fsp3) is 0.917. The monoisotopic (exact) mass is 290 g/mol. The van der Waals surface area contributed by atoms with Gasteiger partial charge in [-0.2, -0.15) is 0 Å². The molecule has 0 bridgehead atoms. The highest BCUT2D eigenvalue weighted by atomic mass is 79.9. The Kier molecular flexibility index (Phi) is 7.05. The number of carbonyl (C=O) groups is 1. The van der Waals surface area contributed by atoms with E-state index in [9.17, 15) is 4.79 Å². The van der Waals surface area contributed by atoms with Crippen LogP contribution in [-0.2, 0) is 4.79 Å². The summed E-state index contributed by atoms with van der Waals surface area (Å²) >= 11 is 3.39. The topological polar surface area (TPSA) is 23.6 Å². The molecule has 3 nitrogen and oxygen atoms in total. The molecule has 1 amide bonds. The molecule has 1 aliphatic heterocycles. The summed E-state index contributed by atoms with van der Waals surface area (Å²) in [6.45, 7) is 7.33. The van der Waals surface area contributed by atoms with Crippen LogP contribution in [0.15, 0.2) is 0 Å². The van der Waals surface area contributed by atoms with E-state index in [0.29, 0.717) is 5.91 Å². The Morgan fingerprint density at radius 3 is 2.44 bits per heavy atom. The minimum absolute atomic E-state index is 0.345. The molecule has 0 aromatic carbocycles. The Morgan fingerprint density at radius 2 is 1.88 bits per heavy atom. The average molecular weight is 291 g/mol. The van der Waals surface area contributed by atoms with E-state index in [2.05, 4.69) is 27.8 Å². The van der Waals surface area contributed by atoms with Crippen molar-refractivity contribution in [1.29, 1.82) is 0 Å². The summed E-state index contributed by atoms with van der Waals surface area (Å²) < 4.78 is 0. The number of piperazine rings is 1. The van der Waals surface area contributed by atoms with E-state index >= 15 is 0 Å². The summed E-state index contributed by atoms with van der Waals surface area (Å²) in [6, 6.07) is 0. The molecule has 0 radical (unpaired) electrons. The Hall–Kier alpha value is -0.0900. The summed E-state index contributed by atoms with van der Waals surface area (Å²) in [4.78, 5) is 16.3. The molecule has 16 heavy (non-hydrogen) atoms. The summed E-state index contributed by atoms with van der Waals surface area (Å²) in [7, 11) is 0. The van der Waals surface area contributed by atoms with E-state index in [-0.39, 0.29) is 0 Å². The molecule has 1 rings (SSSR count). The van der Waals surface area contributed by atoms with Crippen LogP contribution in [0.25, 0.3) is 0 Å². The molecular formula is C12H23BrN2O. The van der Waals surface area contributed by atoms with Gasteiger partial charge in [-0.25, -0.2) is 0 Å². The molecule has 94 valence electrons. The van der Waals surface area contributed by atoms with Crippen LogP contribution in [0.3, 0.4) is 0 Å². The van der Waals surface area contributed by atoms with Crippen LogP contribution >= 0.6 is 15.9 Å². The molecule has 1 heterocycles. The zero-order valence-electron chi connectivity index (χ0n) is 10.3. The van der Waals surface area contributed by atoms with Crippen LogP contribution < -0.4 is 0 Å². The number of amides is 1. The van der Waals surface area contributed by atoms with Crippen LogP contribution in [0, 0.1) is 0 Å². The van der Waals surface area contributed by atoms with Crippen LogP contribution in [0.4, 0.5) is 0 Å². The van der Waals surface area contributed by atoms with Crippen molar-refractivity contribution in [3.8, 4) is 0 Å². The maximum Gasteiger partial charge on any atom is 0.222 e. The van der Waals surface area contributed by atoms with Gasteiger partial charge >= 0.3 is 0 Å². The first-order chi connectivity index (χ1) is 7.77. The van der Waals surface area contributed by atoms with E-state index in [0.717, 1.165) is 50.8 Å². The maximum atomic E-state index is 11.8. The van der Waals surface area contributed by atoms with Crippen LogP contribution in [0.2, 0.25) is 0 Å². The highest BCUT2D eigenvalue weighted by Gasteiger charge is 2.19. The second kappa shape index (κ2) is 8.07. The highest BCUT2D eigenvalue weighted by Crippen LogP contribution is 2.07. The molecule has 4 heteroatoms. The zero-order chi connectivity index (χ0) is 11.8. The third-order valence-corrected chi connectivity index (χ3v) is 3.60. The molecular weight excluding hydrogens is 268 g/mol. The molecule has 0 aromatic heterocycles. The van der Waals surface area contributed by atoms with Gasteiger partial charge in [0.1, 0.15) is 0 Å². The average Bonchev–Trinajstić information content (AvgIpc) is 2.30. The van der Waals surface area contributed by atoms with Crippen molar-refractivity contribution in [1.82, 2.24) is 9.80 Å². The second-order valence-corrected chi connectivity index (χ2v) is 5.16. The molecule has 0 unspecified atom stereocenters. The van der Waals surface area contributed by atoms with Gasteiger partial charge in [0.2, 0.25) is 5.91 Å².